The van der Waals surface area contributed by atoms with E-state index in [2.05, 4.69) is 160 Å². The molecule has 0 saturated heterocycles. The summed E-state index contributed by atoms with van der Waals surface area (Å²) < 4.78 is 1.27. The Kier molecular flexibility index (Phi) is 6.76. The molecule has 2 bridgehead atoms. The van der Waals surface area contributed by atoms with E-state index in [0.717, 1.165) is 0 Å². The molecule has 1 heterocycles. The fraction of sp³-hybridized carbons (Fsp3) is 0.0811. The monoisotopic (exact) mass is 760 g/mol. The quantitative estimate of drug-likeness (QED) is 0.157. The summed E-state index contributed by atoms with van der Waals surface area (Å²) in [6, 6.07) is 50.5. The fourth-order valence-corrected chi connectivity index (χ4v) is 24.3. The second kappa shape index (κ2) is 10.3. The number of hydrogen-bond donors (Lipinski definition) is 0. The molecule has 0 atom stereocenters. The largest absolute Gasteiger partial charge is 0.0622 e. The molecule has 0 fully saturated rings. The zero-order valence-electron chi connectivity index (χ0n) is 22.1. The molecule has 5 aromatic rings. The average molecular weight is 760 g/mol. The van der Waals surface area contributed by atoms with Crippen LogP contribution in [0.1, 0.15) is 44.9 Å². The maximum atomic E-state index is 4.47. The van der Waals surface area contributed by atoms with Crippen molar-refractivity contribution in [3.63, 3.8) is 0 Å². The molecule has 3 heteroatoms. The van der Waals surface area contributed by atoms with E-state index >= 15 is 0 Å². The van der Waals surface area contributed by atoms with Crippen molar-refractivity contribution in [2.75, 3.05) is 0 Å². The molecule has 196 valence electrons. The van der Waals surface area contributed by atoms with Crippen molar-refractivity contribution in [2.24, 2.45) is 0 Å². The van der Waals surface area contributed by atoms with Crippen molar-refractivity contribution in [1.82, 2.24) is 0 Å². The number of halogens is 2. The van der Waals surface area contributed by atoms with Gasteiger partial charge in [0.2, 0.25) is 0 Å². The number of hydrogen-bond acceptors (Lipinski definition) is 0. The molecule has 1 aliphatic heterocycles. The Balaban J connectivity index is 0.000000333. The van der Waals surface area contributed by atoms with Gasteiger partial charge in [-0.3, -0.25) is 0 Å². The smallest absolute Gasteiger partial charge is 0.0398 e. The molecule has 0 N–H and O–H groups in total. The van der Waals surface area contributed by atoms with Crippen molar-refractivity contribution in [1.29, 1.82) is 0 Å². The molecule has 0 aromatic heterocycles. The Bertz CT molecular complexity index is 1720. The molecule has 1 spiro atoms. The molecule has 5 aromatic carbocycles. The molecule has 0 radical (unpaired) electrons. The molecule has 9 rings (SSSR count). The van der Waals surface area contributed by atoms with Gasteiger partial charge in [-0.15, -0.1) is 0 Å². The van der Waals surface area contributed by atoms with Gasteiger partial charge in [0.05, 0.1) is 0 Å². The second-order valence-electron chi connectivity index (χ2n) is 10.5. The van der Waals surface area contributed by atoms with Crippen molar-refractivity contribution in [3.05, 3.63) is 190 Å². The van der Waals surface area contributed by atoms with Crippen LogP contribution in [0.15, 0.2) is 151 Å². The minimum Gasteiger partial charge on any atom is -0.0622 e. The number of aryl methyl sites for hydroxylation is 1. The van der Waals surface area contributed by atoms with Crippen LogP contribution < -0.4 is 0 Å². The van der Waals surface area contributed by atoms with Gasteiger partial charge in [0.25, 0.3) is 0 Å². The second-order valence-corrected chi connectivity index (χ2v) is 35.0. The first-order valence-corrected chi connectivity index (χ1v) is 26.3. The van der Waals surface area contributed by atoms with E-state index in [-0.39, 0.29) is 9.38 Å². The maximum absolute atomic E-state index is 4.47. The van der Waals surface area contributed by atoms with E-state index in [0.29, 0.717) is 0 Å². The fourth-order valence-electron chi connectivity index (χ4n) is 6.67. The Morgan fingerprint density at radius 1 is 0.550 bits per heavy atom. The van der Waals surface area contributed by atoms with Crippen molar-refractivity contribution in [3.8, 4) is 0 Å². The third-order valence-corrected chi connectivity index (χ3v) is 26.1. The summed E-state index contributed by atoms with van der Waals surface area (Å²) in [6.07, 6.45) is 2.53. The molecule has 4 aliphatic rings. The van der Waals surface area contributed by atoms with E-state index in [9.17, 15) is 0 Å². The summed E-state index contributed by atoms with van der Waals surface area (Å²) in [5.41, 5.74) is 12.8. The Hall–Kier alpha value is -2.67. The molecule has 40 heavy (non-hydrogen) atoms. The van der Waals surface area contributed by atoms with Crippen LogP contribution in [0, 0.1) is 6.92 Å². The molecule has 0 amide bonds. The van der Waals surface area contributed by atoms with Gasteiger partial charge in [-0.05, 0) is 6.92 Å². The van der Waals surface area contributed by atoms with Crippen LogP contribution in [0.2, 0.25) is 0 Å². The molecule has 0 nitrogen and oxygen atoms in total. The topological polar surface area (TPSA) is 0 Å². The third-order valence-electron chi connectivity index (χ3n) is 8.28. The summed E-state index contributed by atoms with van der Waals surface area (Å²) in [5.74, 6) is 0.252. The van der Waals surface area contributed by atoms with Crippen LogP contribution in [0.3, 0.4) is 0 Å². The van der Waals surface area contributed by atoms with Gasteiger partial charge >= 0.3 is 212 Å². The minimum atomic E-state index is -3.15. The number of benzene rings is 5. The first-order chi connectivity index (χ1) is 19.5. The number of allylic oxidation sites excluding steroid dienone is 3. The Morgan fingerprint density at radius 2 is 1.00 bits per heavy atom. The minimum absolute atomic E-state index is 0.180. The van der Waals surface area contributed by atoms with Gasteiger partial charge in [0.1, 0.15) is 0 Å². The van der Waals surface area contributed by atoms with Crippen molar-refractivity contribution >= 4 is 48.5 Å². The van der Waals surface area contributed by atoms with Crippen LogP contribution in [-0.4, -0.2) is 13.8 Å². The Morgan fingerprint density at radius 3 is 1.50 bits per heavy atom. The summed E-state index contributed by atoms with van der Waals surface area (Å²) >= 11 is 5.80. The Labute approximate surface area is 252 Å². The predicted octanol–water partition coefficient (Wildman–Crippen LogP) is 10.3. The molecular formula is C37H28Br2Te. The van der Waals surface area contributed by atoms with Crippen LogP contribution >= 0.6 is 25.5 Å². The van der Waals surface area contributed by atoms with E-state index in [1.54, 1.807) is 0 Å². The van der Waals surface area contributed by atoms with E-state index in [1.165, 1.54) is 53.7 Å². The van der Waals surface area contributed by atoms with Gasteiger partial charge in [0.15, 0.2) is 0 Å². The zero-order chi connectivity index (χ0) is 27.3. The summed E-state index contributed by atoms with van der Waals surface area (Å²) in [6.45, 7) is 2.08. The van der Waals surface area contributed by atoms with Gasteiger partial charge in [-0.1, -0.05) is 35.9 Å². The van der Waals surface area contributed by atoms with Crippen LogP contribution in [0.25, 0.3) is 9.19 Å². The van der Waals surface area contributed by atoms with Gasteiger partial charge < -0.3 is 0 Å². The molecule has 3 aliphatic carbocycles. The van der Waals surface area contributed by atoms with Crippen molar-refractivity contribution in [2.45, 2.75) is 16.3 Å². The molecule has 0 saturated carbocycles. The standard InChI is InChI=1S/C30H20Br2Te.C7H8/c31-33(32)27(20-11-3-1-4-12-20)19-26-28(21-13-5-2-6-14-21)29-22-15-7-9-17-24(22)30(26,33)25-18-10-8-16-23(25)29;1-7-5-3-2-4-6-7/h1-19,29H;2-6H,1H3. The van der Waals surface area contributed by atoms with E-state index in [4.69, 9.17) is 0 Å². The maximum Gasteiger partial charge on any atom is -0.0398 e. The van der Waals surface area contributed by atoms with Crippen LogP contribution in [-0.2, 0) is 3.46 Å². The van der Waals surface area contributed by atoms with E-state index < -0.39 is 13.8 Å². The zero-order valence-corrected chi connectivity index (χ0v) is 27.6. The first-order valence-electron chi connectivity index (χ1n) is 13.5. The summed E-state index contributed by atoms with van der Waals surface area (Å²) in [4.78, 5) is 0. The van der Waals surface area contributed by atoms with Gasteiger partial charge in [0, 0.05) is 0 Å². The predicted molar refractivity (Wildman–Crippen MR) is 178 cm³/mol. The summed E-state index contributed by atoms with van der Waals surface area (Å²) in [5, 5.41) is 0. The first kappa shape index (κ1) is 26.2. The molecular weight excluding hydrogens is 732 g/mol. The molecule has 0 unspecified atom stereocenters. The van der Waals surface area contributed by atoms with Crippen molar-refractivity contribution < 1.29 is 0 Å². The normalized spacial score (nSPS) is 21.8. The van der Waals surface area contributed by atoms with E-state index in [1.807, 2.05) is 18.2 Å². The van der Waals surface area contributed by atoms with Gasteiger partial charge in [-0.2, -0.15) is 0 Å². The third kappa shape index (κ3) is 3.83. The summed E-state index contributed by atoms with van der Waals surface area (Å²) in [7, 11) is 0. The average Bonchev–Trinajstić information content (AvgIpc) is 3.26. The van der Waals surface area contributed by atoms with Crippen LogP contribution in [0.5, 0.6) is 0 Å². The van der Waals surface area contributed by atoms with Gasteiger partial charge in [-0.25, -0.2) is 0 Å². The number of rotatable bonds is 2. The van der Waals surface area contributed by atoms with Crippen LogP contribution in [0.4, 0.5) is 0 Å². The SMILES string of the molecule is Br[Te]1(Br)C(c2ccccc2)=CC2=C(c3ccccc3)C3c4ccccc4C21c1ccccc13.Cc1ccccc1.